The smallest absolute Gasteiger partial charge is 0.439 e. The third kappa shape index (κ3) is 3.32. The second kappa shape index (κ2) is 4.76. The molecule has 4 nitrogen and oxygen atoms in total. The highest BCUT2D eigenvalue weighted by molar-refractivity contribution is 9.08. The molecule has 0 saturated carbocycles. The summed E-state index contributed by atoms with van der Waals surface area (Å²) >= 11 is 3.27. The Morgan fingerprint density at radius 2 is 2.27 bits per heavy atom. The van der Waals surface area contributed by atoms with Crippen LogP contribution in [0.15, 0.2) is 33.5 Å². The molecular weight excluding hydrogens is 282 g/mol. The van der Waals surface area contributed by atoms with Crippen LogP contribution in [0.4, 0.5) is 4.79 Å². The van der Waals surface area contributed by atoms with E-state index in [1.54, 1.807) is 18.2 Å². The SMILES string of the molecule is CS(=O)(=NC(=O)O)c1cccc(CBr)c1. The zero-order chi connectivity index (χ0) is 11.5. The van der Waals surface area contributed by atoms with Crippen LogP contribution in [0.3, 0.4) is 0 Å². The van der Waals surface area contributed by atoms with Crippen molar-refractivity contribution in [1.82, 2.24) is 0 Å². The van der Waals surface area contributed by atoms with Crippen LogP contribution in [0.25, 0.3) is 0 Å². The lowest BCUT2D eigenvalue weighted by Crippen LogP contribution is -2.01. The highest BCUT2D eigenvalue weighted by Gasteiger charge is 2.08. The van der Waals surface area contributed by atoms with Gasteiger partial charge in [0.2, 0.25) is 0 Å². The summed E-state index contributed by atoms with van der Waals surface area (Å²) in [6, 6.07) is 6.88. The molecule has 0 aromatic heterocycles. The maximum atomic E-state index is 11.9. The van der Waals surface area contributed by atoms with E-state index in [1.807, 2.05) is 6.07 Å². The van der Waals surface area contributed by atoms with Gasteiger partial charge in [0.25, 0.3) is 0 Å². The fourth-order valence-electron chi connectivity index (χ4n) is 1.07. The van der Waals surface area contributed by atoms with E-state index in [-0.39, 0.29) is 0 Å². The molecule has 1 unspecified atom stereocenters. The van der Waals surface area contributed by atoms with E-state index in [1.165, 1.54) is 6.26 Å². The van der Waals surface area contributed by atoms with Gasteiger partial charge in [-0.05, 0) is 17.7 Å². The summed E-state index contributed by atoms with van der Waals surface area (Å²) in [6.45, 7) is 0. The van der Waals surface area contributed by atoms with Gasteiger partial charge in [0.15, 0.2) is 0 Å². The number of halogens is 1. The number of hydrogen-bond acceptors (Lipinski definition) is 2. The Bertz CT molecular complexity index is 492. The molecule has 0 bridgehead atoms. The van der Waals surface area contributed by atoms with E-state index in [9.17, 15) is 9.00 Å². The molecule has 1 amide bonds. The molecule has 0 fully saturated rings. The Morgan fingerprint density at radius 1 is 1.60 bits per heavy atom. The normalized spacial score (nSPS) is 14.3. The highest BCUT2D eigenvalue weighted by atomic mass is 79.9. The van der Waals surface area contributed by atoms with Crippen molar-refractivity contribution in [2.75, 3.05) is 6.26 Å². The van der Waals surface area contributed by atoms with Crippen molar-refractivity contribution in [3.05, 3.63) is 29.8 Å². The van der Waals surface area contributed by atoms with Gasteiger partial charge in [0.05, 0.1) is 9.73 Å². The quantitative estimate of drug-likeness (QED) is 0.852. The zero-order valence-electron chi connectivity index (χ0n) is 8.01. The van der Waals surface area contributed by atoms with E-state index < -0.39 is 15.8 Å². The van der Waals surface area contributed by atoms with Gasteiger partial charge in [-0.15, -0.1) is 4.36 Å². The minimum Gasteiger partial charge on any atom is -0.463 e. The molecule has 0 aliphatic heterocycles. The molecule has 1 aromatic rings. The van der Waals surface area contributed by atoms with Gasteiger partial charge in [-0.1, -0.05) is 28.1 Å². The molecule has 1 N–H and O–H groups in total. The van der Waals surface area contributed by atoms with E-state index >= 15 is 0 Å². The molecule has 0 spiro atoms. The number of nitrogens with zero attached hydrogens (tertiary/aromatic N) is 1. The summed E-state index contributed by atoms with van der Waals surface area (Å²) in [4.78, 5) is 10.8. The molecule has 82 valence electrons. The van der Waals surface area contributed by atoms with Crippen LogP contribution >= 0.6 is 15.9 Å². The number of rotatable bonds is 2. The minimum absolute atomic E-state index is 0.432. The molecule has 0 saturated heterocycles. The van der Waals surface area contributed by atoms with Crippen LogP contribution in [-0.2, 0) is 15.1 Å². The monoisotopic (exact) mass is 291 g/mol. The van der Waals surface area contributed by atoms with Crippen LogP contribution in [-0.4, -0.2) is 21.7 Å². The molecule has 1 rings (SSSR count). The Labute approximate surface area is 96.6 Å². The molecule has 6 heteroatoms. The maximum absolute atomic E-state index is 11.9. The first kappa shape index (κ1) is 12.2. The Hall–Kier alpha value is -0.880. The predicted molar refractivity (Wildman–Crippen MR) is 61.9 cm³/mol. The van der Waals surface area contributed by atoms with Gasteiger partial charge in [0, 0.05) is 16.5 Å². The van der Waals surface area contributed by atoms with Gasteiger partial charge >= 0.3 is 6.09 Å². The first-order chi connectivity index (χ1) is 6.95. The third-order valence-electron chi connectivity index (χ3n) is 1.74. The Kier molecular flexibility index (Phi) is 3.87. The van der Waals surface area contributed by atoms with Gasteiger partial charge in [-0.3, -0.25) is 0 Å². The fourth-order valence-corrected chi connectivity index (χ4v) is 2.52. The van der Waals surface area contributed by atoms with Crippen LogP contribution in [0.5, 0.6) is 0 Å². The minimum atomic E-state index is -2.84. The summed E-state index contributed by atoms with van der Waals surface area (Å²) in [5.74, 6) is 0. The molecule has 1 aromatic carbocycles. The van der Waals surface area contributed by atoms with E-state index in [0.717, 1.165) is 5.56 Å². The van der Waals surface area contributed by atoms with Crippen LogP contribution in [0.1, 0.15) is 5.56 Å². The van der Waals surface area contributed by atoms with Crippen molar-refractivity contribution in [1.29, 1.82) is 0 Å². The molecule has 0 heterocycles. The molecule has 0 aliphatic rings. The molecular formula is C9H10BrNO3S. The van der Waals surface area contributed by atoms with Gasteiger partial charge in [-0.2, -0.15) is 0 Å². The third-order valence-corrected chi connectivity index (χ3v) is 4.02. The number of alkyl halides is 1. The number of carbonyl (C=O) groups is 1. The lowest BCUT2D eigenvalue weighted by atomic mass is 10.2. The van der Waals surface area contributed by atoms with Crippen molar-refractivity contribution in [3.63, 3.8) is 0 Å². The largest absolute Gasteiger partial charge is 0.463 e. The van der Waals surface area contributed by atoms with E-state index in [0.29, 0.717) is 10.2 Å². The van der Waals surface area contributed by atoms with Gasteiger partial charge < -0.3 is 5.11 Å². The van der Waals surface area contributed by atoms with E-state index in [4.69, 9.17) is 5.11 Å². The Balaban J connectivity index is 3.27. The first-order valence-electron chi connectivity index (χ1n) is 4.06. The first-order valence-corrected chi connectivity index (χ1v) is 7.10. The number of carboxylic acid groups (broad SMARTS) is 1. The van der Waals surface area contributed by atoms with E-state index in [2.05, 4.69) is 20.3 Å². The molecule has 15 heavy (non-hydrogen) atoms. The Morgan fingerprint density at radius 3 is 2.80 bits per heavy atom. The molecule has 0 aliphatic carbocycles. The predicted octanol–water partition coefficient (Wildman–Crippen LogP) is 2.72. The maximum Gasteiger partial charge on any atom is 0.439 e. The van der Waals surface area contributed by atoms with Crippen molar-refractivity contribution in [3.8, 4) is 0 Å². The summed E-state index contributed by atoms with van der Waals surface area (Å²) in [6.07, 6.45) is -0.0965. The molecule has 1 atom stereocenters. The average Bonchev–Trinajstić information content (AvgIpc) is 2.16. The van der Waals surface area contributed by atoms with Crippen molar-refractivity contribution >= 4 is 31.8 Å². The zero-order valence-corrected chi connectivity index (χ0v) is 10.4. The van der Waals surface area contributed by atoms with Gasteiger partial charge in [-0.25, -0.2) is 9.00 Å². The summed E-state index contributed by atoms with van der Waals surface area (Å²) in [5, 5.41) is 9.11. The topological polar surface area (TPSA) is 66.7 Å². The molecule has 0 radical (unpaired) electrons. The number of amides is 1. The average molecular weight is 292 g/mol. The van der Waals surface area contributed by atoms with Crippen molar-refractivity contribution < 1.29 is 14.1 Å². The summed E-state index contributed by atoms with van der Waals surface area (Å²) < 4.78 is 15.1. The van der Waals surface area contributed by atoms with Gasteiger partial charge in [0.1, 0.15) is 0 Å². The summed E-state index contributed by atoms with van der Waals surface area (Å²) in [7, 11) is -2.84. The van der Waals surface area contributed by atoms with Crippen LogP contribution in [0, 0.1) is 0 Å². The lowest BCUT2D eigenvalue weighted by molar-refractivity contribution is 0.206. The number of hydrogen-bond donors (Lipinski definition) is 1. The second-order valence-electron chi connectivity index (χ2n) is 2.96. The van der Waals surface area contributed by atoms with Crippen molar-refractivity contribution in [2.45, 2.75) is 10.2 Å². The van der Waals surface area contributed by atoms with Crippen LogP contribution < -0.4 is 0 Å². The van der Waals surface area contributed by atoms with Crippen molar-refractivity contribution in [2.24, 2.45) is 4.36 Å². The van der Waals surface area contributed by atoms with Crippen LogP contribution in [0.2, 0.25) is 0 Å². The number of benzene rings is 1. The standard InChI is InChI=1S/C9H10BrNO3S/c1-15(14,11-9(12)13)8-4-2-3-7(5-8)6-10/h2-5H,6H2,1H3,(H,12,13). The summed E-state index contributed by atoms with van der Waals surface area (Å²) in [5.41, 5.74) is 0.933. The second-order valence-corrected chi connectivity index (χ2v) is 5.78. The lowest BCUT2D eigenvalue weighted by Gasteiger charge is -2.04. The highest BCUT2D eigenvalue weighted by Crippen LogP contribution is 2.15. The fraction of sp³-hybridized carbons (Fsp3) is 0.222.